The molecule has 1 heterocycles. The fraction of sp³-hybridized carbons (Fsp3) is 0.118. The van der Waals surface area contributed by atoms with E-state index in [0.29, 0.717) is 5.02 Å². The maximum absolute atomic E-state index is 13.3. The number of nitrogens with one attached hydrogen (secondary N) is 1. The molecule has 21 heavy (non-hydrogen) atoms. The number of anilines is 1. The second kappa shape index (κ2) is 5.70. The fourth-order valence-electron chi connectivity index (χ4n) is 2.36. The van der Waals surface area contributed by atoms with Crippen LogP contribution in [-0.4, -0.2) is 4.98 Å². The van der Waals surface area contributed by atoms with E-state index in [2.05, 4.69) is 10.3 Å². The molecule has 1 unspecified atom stereocenters. The summed E-state index contributed by atoms with van der Waals surface area (Å²) in [6, 6.07) is 14.1. The van der Waals surface area contributed by atoms with Crippen molar-refractivity contribution in [2.45, 2.75) is 13.0 Å². The molecule has 0 aliphatic heterocycles. The highest BCUT2D eigenvalue weighted by Crippen LogP contribution is 2.29. The Morgan fingerprint density at radius 1 is 1.14 bits per heavy atom. The summed E-state index contributed by atoms with van der Waals surface area (Å²) in [5.41, 5.74) is 2.57. The summed E-state index contributed by atoms with van der Waals surface area (Å²) in [6.45, 7) is 1.98. The van der Waals surface area contributed by atoms with E-state index in [9.17, 15) is 4.39 Å². The Kier molecular flexibility index (Phi) is 3.76. The smallest absolute Gasteiger partial charge is 0.123 e. The van der Waals surface area contributed by atoms with Crippen molar-refractivity contribution >= 4 is 28.2 Å². The second-order valence-electron chi connectivity index (χ2n) is 4.95. The summed E-state index contributed by atoms with van der Waals surface area (Å²) in [4.78, 5) is 4.39. The van der Waals surface area contributed by atoms with Crippen molar-refractivity contribution in [2.24, 2.45) is 0 Å². The van der Waals surface area contributed by atoms with Crippen molar-refractivity contribution < 1.29 is 4.39 Å². The Labute approximate surface area is 127 Å². The SMILES string of the molecule is CC(Nc1cc(Cl)cc2cccnc12)c1cccc(F)c1. The van der Waals surface area contributed by atoms with E-state index in [4.69, 9.17) is 11.6 Å². The van der Waals surface area contributed by atoms with E-state index in [0.717, 1.165) is 22.2 Å². The molecular formula is C17H14ClFN2. The van der Waals surface area contributed by atoms with E-state index in [1.807, 2.05) is 37.3 Å². The number of aromatic nitrogens is 1. The Morgan fingerprint density at radius 2 is 2.00 bits per heavy atom. The monoisotopic (exact) mass is 300 g/mol. The number of benzene rings is 2. The molecule has 0 saturated carbocycles. The van der Waals surface area contributed by atoms with Gasteiger partial charge in [0, 0.05) is 22.6 Å². The predicted molar refractivity (Wildman–Crippen MR) is 85.2 cm³/mol. The van der Waals surface area contributed by atoms with Gasteiger partial charge in [-0.2, -0.15) is 0 Å². The van der Waals surface area contributed by atoms with Crippen molar-refractivity contribution in [3.63, 3.8) is 0 Å². The first-order chi connectivity index (χ1) is 10.1. The predicted octanol–water partition coefficient (Wildman–Crippen LogP) is 5.20. The molecule has 4 heteroatoms. The first-order valence-corrected chi connectivity index (χ1v) is 7.07. The first kappa shape index (κ1) is 13.8. The van der Waals surface area contributed by atoms with Crippen LogP contribution < -0.4 is 5.32 Å². The molecule has 106 valence electrons. The average molecular weight is 301 g/mol. The van der Waals surface area contributed by atoms with Gasteiger partial charge in [0.25, 0.3) is 0 Å². The molecule has 1 aromatic heterocycles. The van der Waals surface area contributed by atoms with Crippen LogP contribution in [0.2, 0.25) is 5.02 Å². The number of nitrogens with zero attached hydrogens (tertiary/aromatic N) is 1. The third-order valence-electron chi connectivity index (χ3n) is 3.39. The van der Waals surface area contributed by atoms with Gasteiger partial charge < -0.3 is 5.32 Å². The summed E-state index contributed by atoms with van der Waals surface area (Å²) in [5.74, 6) is -0.241. The van der Waals surface area contributed by atoms with Crippen molar-refractivity contribution in [1.29, 1.82) is 0 Å². The Bertz CT molecular complexity index is 789. The molecule has 3 aromatic rings. The number of halogens is 2. The summed E-state index contributed by atoms with van der Waals surface area (Å²) in [5, 5.41) is 4.97. The minimum atomic E-state index is -0.241. The van der Waals surface area contributed by atoms with E-state index < -0.39 is 0 Å². The molecule has 0 amide bonds. The minimum absolute atomic E-state index is 0.0515. The summed E-state index contributed by atoms with van der Waals surface area (Å²) in [6.07, 6.45) is 1.74. The lowest BCUT2D eigenvalue weighted by Crippen LogP contribution is -2.07. The maximum atomic E-state index is 13.3. The van der Waals surface area contributed by atoms with Gasteiger partial charge in [0.1, 0.15) is 5.82 Å². The van der Waals surface area contributed by atoms with Crippen LogP contribution in [0.5, 0.6) is 0 Å². The van der Waals surface area contributed by atoms with Crippen LogP contribution in [0.25, 0.3) is 10.9 Å². The zero-order chi connectivity index (χ0) is 14.8. The Morgan fingerprint density at radius 3 is 2.81 bits per heavy atom. The molecule has 0 aliphatic carbocycles. The highest BCUT2D eigenvalue weighted by Gasteiger charge is 2.10. The van der Waals surface area contributed by atoms with E-state index in [1.54, 1.807) is 12.3 Å². The lowest BCUT2D eigenvalue weighted by atomic mass is 10.1. The number of fused-ring (bicyclic) bond motifs is 1. The Balaban J connectivity index is 1.98. The third-order valence-corrected chi connectivity index (χ3v) is 3.61. The summed E-state index contributed by atoms with van der Waals surface area (Å²) >= 11 is 6.15. The molecule has 3 rings (SSSR count). The lowest BCUT2D eigenvalue weighted by Gasteiger charge is -2.17. The first-order valence-electron chi connectivity index (χ1n) is 6.70. The topological polar surface area (TPSA) is 24.9 Å². The van der Waals surface area contributed by atoms with Gasteiger partial charge in [0.15, 0.2) is 0 Å². The van der Waals surface area contributed by atoms with Crippen LogP contribution in [0.3, 0.4) is 0 Å². The number of hydrogen-bond acceptors (Lipinski definition) is 2. The highest BCUT2D eigenvalue weighted by molar-refractivity contribution is 6.31. The summed E-state index contributed by atoms with van der Waals surface area (Å²) in [7, 11) is 0. The minimum Gasteiger partial charge on any atom is -0.377 e. The lowest BCUT2D eigenvalue weighted by molar-refractivity contribution is 0.623. The molecule has 1 atom stereocenters. The van der Waals surface area contributed by atoms with Crippen LogP contribution in [0, 0.1) is 5.82 Å². The molecule has 0 bridgehead atoms. The van der Waals surface area contributed by atoms with Gasteiger partial charge in [-0.3, -0.25) is 4.98 Å². The van der Waals surface area contributed by atoms with Crippen molar-refractivity contribution in [3.05, 3.63) is 71.1 Å². The number of rotatable bonds is 3. The van der Waals surface area contributed by atoms with Crippen LogP contribution in [-0.2, 0) is 0 Å². The molecule has 0 radical (unpaired) electrons. The van der Waals surface area contributed by atoms with Gasteiger partial charge in [0.2, 0.25) is 0 Å². The van der Waals surface area contributed by atoms with Gasteiger partial charge in [0.05, 0.1) is 11.2 Å². The standard InChI is InChI=1S/C17H14ClFN2/c1-11(12-4-2-6-15(19)9-12)21-16-10-14(18)8-13-5-3-7-20-17(13)16/h2-11,21H,1H3. The van der Waals surface area contributed by atoms with Crippen molar-refractivity contribution in [1.82, 2.24) is 4.98 Å². The molecule has 0 saturated heterocycles. The maximum Gasteiger partial charge on any atom is 0.123 e. The molecule has 2 nitrogen and oxygen atoms in total. The second-order valence-corrected chi connectivity index (χ2v) is 5.39. The van der Waals surface area contributed by atoms with Crippen molar-refractivity contribution in [2.75, 3.05) is 5.32 Å². The normalized spacial score (nSPS) is 12.3. The fourth-order valence-corrected chi connectivity index (χ4v) is 2.58. The van der Waals surface area contributed by atoms with E-state index >= 15 is 0 Å². The molecule has 0 spiro atoms. The van der Waals surface area contributed by atoms with E-state index in [-0.39, 0.29) is 11.9 Å². The molecular weight excluding hydrogens is 287 g/mol. The van der Waals surface area contributed by atoms with E-state index in [1.165, 1.54) is 12.1 Å². The molecule has 1 N–H and O–H groups in total. The quantitative estimate of drug-likeness (QED) is 0.719. The van der Waals surface area contributed by atoms with Gasteiger partial charge in [-0.1, -0.05) is 29.8 Å². The third kappa shape index (κ3) is 2.98. The number of hydrogen-bond donors (Lipinski definition) is 1. The van der Waals surface area contributed by atoms with Crippen LogP contribution in [0.4, 0.5) is 10.1 Å². The largest absolute Gasteiger partial charge is 0.377 e. The molecule has 0 fully saturated rings. The van der Waals surface area contributed by atoms with Gasteiger partial charge in [-0.05, 0) is 42.8 Å². The van der Waals surface area contributed by atoms with Gasteiger partial charge >= 0.3 is 0 Å². The van der Waals surface area contributed by atoms with Crippen LogP contribution in [0.15, 0.2) is 54.7 Å². The average Bonchev–Trinajstić information content (AvgIpc) is 2.47. The summed E-state index contributed by atoms with van der Waals surface area (Å²) < 4.78 is 13.3. The van der Waals surface area contributed by atoms with Gasteiger partial charge in [-0.15, -0.1) is 0 Å². The zero-order valence-corrected chi connectivity index (χ0v) is 12.2. The van der Waals surface area contributed by atoms with Gasteiger partial charge in [-0.25, -0.2) is 4.39 Å². The zero-order valence-electron chi connectivity index (χ0n) is 11.5. The van der Waals surface area contributed by atoms with Crippen LogP contribution in [0.1, 0.15) is 18.5 Å². The molecule has 2 aromatic carbocycles. The highest BCUT2D eigenvalue weighted by atomic mass is 35.5. The number of pyridine rings is 1. The van der Waals surface area contributed by atoms with Crippen molar-refractivity contribution in [3.8, 4) is 0 Å². The van der Waals surface area contributed by atoms with Crippen LogP contribution >= 0.6 is 11.6 Å². The molecule has 0 aliphatic rings. The Hall–Kier alpha value is -2.13.